The highest BCUT2D eigenvalue weighted by Gasteiger charge is 2.33. The number of aryl methyl sites for hydroxylation is 1. The highest BCUT2D eigenvalue weighted by molar-refractivity contribution is 6.31. The lowest BCUT2D eigenvalue weighted by Gasteiger charge is -2.13. The van der Waals surface area contributed by atoms with Crippen molar-refractivity contribution in [3.63, 3.8) is 0 Å². The van der Waals surface area contributed by atoms with E-state index in [1.165, 1.54) is 6.92 Å². The fourth-order valence-electron chi connectivity index (χ4n) is 1.35. The van der Waals surface area contributed by atoms with Gasteiger partial charge in [-0.2, -0.15) is 13.2 Å². The van der Waals surface area contributed by atoms with Crippen molar-refractivity contribution >= 4 is 29.2 Å². The number of anilines is 1. The summed E-state index contributed by atoms with van der Waals surface area (Å²) >= 11 is 5.50. The van der Waals surface area contributed by atoms with E-state index in [0.717, 1.165) is 6.07 Å². The molecule has 0 fully saturated rings. The molecule has 0 atom stereocenters. The van der Waals surface area contributed by atoms with Crippen molar-refractivity contribution in [1.29, 1.82) is 0 Å². The number of hydrogen-bond acceptors (Lipinski definition) is 2. The molecule has 0 bridgehead atoms. The van der Waals surface area contributed by atoms with Crippen molar-refractivity contribution in [1.82, 2.24) is 0 Å². The molecule has 0 saturated carbocycles. The third kappa shape index (κ3) is 4.27. The fourth-order valence-corrected chi connectivity index (χ4v) is 1.67. The van der Waals surface area contributed by atoms with Crippen LogP contribution < -0.4 is 5.32 Å². The minimum absolute atomic E-state index is 0.0956. The lowest BCUT2D eigenvalue weighted by Crippen LogP contribution is -2.12. The summed E-state index contributed by atoms with van der Waals surface area (Å²) in [6.07, 6.45) is -3.38. The van der Waals surface area contributed by atoms with E-state index in [2.05, 4.69) is 5.32 Å². The van der Waals surface area contributed by atoms with Crippen LogP contribution in [0.15, 0.2) is 24.3 Å². The molecular weight excluding hydrogens is 299 g/mol. The zero-order chi connectivity index (χ0) is 15.5. The monoisotopic (exact) mass is 307 g/mol. The van der Waals surface area contributed by atoms with E-state index in [1.54, 1.807) is 0 Å². The first kappa shape index (κ1) is 16.0. The number of halogens is 4. The van der Waals surface area contributed by atoms with E-state index in [-0.39, 0.29) is 5.69 Å². The van der Waals surface area contributed by atoms with Crippen molar-refractivity contribution in [2.45, 2.75) is 13.1 Å². The van der Waals surface area contributed by atoms with Crippen molar-refractivity contribution < 1.29 is 27.9 Å². The zero-order valence-electron chi connectivity index (χ0n) is 10.1. The number of carbonyl (C=O) groups excluding carboxylic acids is 1. The van der Waals surface area contributed by atoms with Gasteiger partial charge < -0.3 is 10.4 Å². The van der Waals surface area contributed by atoms with Crippen LogP contribution in [0.1, 0.15) is 11.1 Å². The van der Waals surface area contributed by atoms with E-state index in [1.807, 2.05) is 0 Å². The fraction of sp³-hybridized carbons (Fsp3) is 0.167. The van der Waals surface area contributed by atoms with Crippen LogP contribution in [0.3, 0.4) is 0 Å². The van der Waals surface area contributed by atoms with Crippen molar-refractivity contribution in [3.8, 4) is 0 Å². The summed E-state index contributed by atoms with van der Waals surface area (Å²) < 4.78 is 38.0. The van der Waals surface area contributed by atoms with Crippen LogP contribution >= 0.6 is 11.6 Å². The minimum atomic E-state index is -4.65. The van der Waals surface area contributed by atoms with E-state index >= 15 is 0 Å². The van der Waals surface area contributed by atoms with Gasteiger partial charge in [-0.25, -0.2) is 4.79 Å². The SMILES string of the molecule is Cc1cc(Cl)c(C(F)(F)F)cc1NC(=O)/C=C/C(=O)O. The molecule has 0 unspecified atom stereocenters. The second kappa shape index (κ2) is 5.96. The number of aliphatic carboxylic acids is 1. The first-order valence-electron chi connectivity index (χ1n) is 5.20. The smallest absolute Gasteiger partial charge is 0.417 e. The summed E-state index contributed by atoms with van der Waals surface area (Å²) in [4.78, 5) is 21.6. The molecule has 0 aliphatic carbocycles. The van der Waals surface area contributed by atoms with Crippen LogP contribution in [0, 0.1) is 6.92 Å². The largest absolute Gasteiger partial charge is 0.478 e. The molecule has 8 heteroatoms. The number of benzene rings is 1. The van der Waals surface area contributed by atoms with Gasteiger partial charge >= 0.3 is 12.1 Å². The van der Waals surface area contributed by atoms with Gasteiger partial charge in [-0.15, -0.1) is 0 Å². The van der Waals surface area contributed by atoms with E-state index < -0.39 is 28.6 Å². The highest BCUT2D eigenvalue weighted by atomic mass is 35.5. The van der Waals surface area contributed by atoms with Crippen LogP contribution in [0.4, 0.5) is 18.9 Å². The predicted octanol–water partition coefficient (Wildman–Crippen LogP) is 3.25. The molecule has 2 N–H and O–H groups in total. The van der Waals surface area contributed by atoms with Crippen LogP contribution in [-0.4, -0.2) is 17.0 Å². The summed E-state index contributed by atoms with van der Waals surface area (Å²) in [5.41, 5.74) is -0.857. The Bertz CT molecular complexity index is 582. The number of carboxylic acids is 1. The van der Waals surface area contributed by atoms with Crippen LogP contribution in [0.2, 0.25) is 5.02 Å². The number of amides is 1. The van der Waals surface area contributed by atoms with Gasteiger partial charge in [0.1, 0.15) is 0 Å². The Morgan fingerprint density at radius 1 is 1.30 bits per heavy atom. The molecule has 0 aliphatic rings. The zero-order valence-corrected chi connectivity index (χ0v) is 10.8. The molecule has 108 valence electrons. The summed E-state index contributed by atoms with van der Waals surface area (Å²) in [6.45, 7) is 1.46. The van der Waals surface area contributed by atoms with Gasteiger partial charge in [-0.05, 0) is 24.6 Å². The standard InChI is InChI=1S/C12H9ClF3NO3/c1-6-4-8(13)7(12(14,15)16)5-9(6)17-10(18)2-3-11(19)20/h2-5H,1H3,(H,17,18)(H,19,20)/b3-2+. The van der Waals surface area contributed by atoms with Crippen LogP contribution in [0.25, 0.3) is 0 Å². The quantitative estimate of drug-likeness (QED) is 0.842. The van der Waals surface area contributed by atoms with Crippen LogP contribution in [0.5, 0.6) is 0 Å². The molecular formula is C12H9ClF3NO3. The first-order valence-corrected chi connectivity index (χ1v) is 5.58. The molecule has 0 spiro atoms. The maximum Gasteiger partial charge on any atom is 0.417 e. The van der Waals surface area contributed by atoms with Crippen molar-refractivity contribution in [2.24, 2.45) is 0 Å². The normalized spacial score (nSPS) is 11.7. The second-order valence-corrected chi connectivity index (χ2v) is 4.21. The molecule has 20 heavy (non-hydrogen) atoms. The Kier molecular flexibility index (Phi) is 4.78. The topological polar surface area (TPSA) is 66.4 Å². The number of hydrogen-bond donors (Lipinski definition) is 2. The molecule has 0 heterocycles. The second-order valence-electron chi connectivity index (χ2n) is 3.81. The number of carbonyl (C=O) groups is 2. The van der Waals surface area contributed by atoms with Gasteiger partial charge in [-0.1, -0.05) is 11.6 Å². The average Bonchev–Trinajstić information content (AvgIpc) is 2.28. The lowest BCUT2D eigenvalue weighted by molar-refractivity contribution is -0.137. The third-order valence-corrected chi connectivity index (χ3v) is 2.57. The molecule has 0 aliphatic heterocycles. The third-order valence-electron chi connectivity index (χ3n) is 2.25. The van der Waals surface area contributed by atoms with E-state index in [9.17, 15) is 22.8 Å². The van der Waals surface area contributed by atoms with Crippen molar-refractivity contribution in [3.05, 3.63) is 40.4 Å². The average molecular weight is 308 g/mol. The Balaban J connectivity index is 3.07. The Labute approximate surface area is 116 Å². The predicted molar refractivity (Wildman–Crippen MR) is 66.6 cm³/mol. The highest BCUT2D eigenvalue weighted by Crippen LogP contribution is 2.37. The van der Waals surface area contributed by atoms with Gasteiger partial charge in [0.05, 0.1) is 10.6 Å². The molecule has 1 aromatic carbocycles. The van der Waals surface area contributed by atoms with Gasteiger partial charge in [-0.3, -0.25) is 4.79 Å². The molecule has 1 aromatic rings. The van der Waals surface area contributed by atoms with E-state index in [4.69, 9.17) is 16.7 Å². The minimum Gasteiger partial charge on any atom is -0.478 e. The Morgan fingerprint density at radius 2 is 1.90 bits per heavy atom. The lowest BCUT2D eigenvalue weighted by atomic mass is 10.1. The number of carboxylic acid groups (broad SMARTS) is 1. The van der Waals surface area contributed by atoms with Gasteiger partial charge in [0.15, 0.2) is 0 Å². The van der Waals surface area contributed by atoms with Gasteiger partial charge in [0, 0.05) is 17.8 Å². The summed E-state index contributed by atoms with van der Waals surface area (Å²) in [5, 5.41) is 10.0. The maximum atomic E-state index is 12.7. The molecule has 4 nitrogen and oxygen atoms in total. The van der Waals surface area contributed by atoms with Crippen molar-refractivity contribution in [2.75, 3.05) is 5.32 Å². The number of nitrogens with one attached hydrogen (secondary N) is 1. The number of rotatable bonds is 3. The molecule has 0 saturated heterocycles. The Hall–Kier alpha value is -2.02. The summed E-state index contributed by atoms with van der Waals surface area (Å²) in [7, 11) is 0. The molecule has 1 rings (SSSR count). The maximum absolute atomic E-state index is 12.7. The summed E-state index contributed by atoms with van der Waals surface area (Å²) in [5.74, 6) is -2.20. The van der Waals surface area contributed by atoms with E-state index in [0.29, 0.717) is 23.8 Å². The van der Waals surface area contributed by atoms with Gasteiger partial charge in [0.2, 0.25) is 5.91 Å². The molecule has 0 radical (unpaired) electrons. The first-order chi connectivity index (χ1) is 9.11. The number of alkyl halides is 3. The summed E-state index contributed by atoms with van der Waals surface area (Å²) in [6, 6.07) is 1.77. The van der Waals surface area contributed by atoms with Crippen LogP contribution in [-0.2, 0) is 15.8 Å². The van der Waals surface area contributed by atoms with Gasteiger partial charge in [0.25, 0.3) is 0 Å². The molecule has 0 aromatic heterocycles. The Morgan fingerprint density at radius 3 is 2.40 bits per heavy atom. The molecule has 1 amide bonds.